The minimum atomic E-state index is -0.784. The molecule has 0 spiro atoms. The van der Waals surface area contributed by atoms with E-state index in [4.69, 9.17) is 5.73 Å². The predicted octanol–water partition coefficient (Wildman–Crippen LogP) is 1.14. The van der Waals surface area contributed by atoms with Crippen molar-refractivity contribution < 1.29 is 9.18 Å². The van der Waals surface area contributed by atoms with Gasteiger partial charge in [0, 0.05) is 5.56 Å². The maximum absolute atomic E-state index is 13.1. The van der Waals surface area contributed by atoms with Gasteiger partial charge in [-0.25, -0.2) is 14.6 Å². The molecule has 0 fully saturated rings. The van der Waals surface area contributed by atoms with Gasteiger partial charge in [0.1, 0.15) is 5.82 Å². The van der Waals surface area contributed by atoms with Crippen LogP contribution >= 0.6 is 0 Å². The van der Waals surface area contributed by atoms with E-state index in [-0.39, 0.29) is 5.82 Å². The standard InChI is InChI=1S/C9H10FN3O/c1-6-2-3-7(8(10)4-6)5-12-13-9(11)14/h2-5H,1H3,(H3,11,13,14)/b12-5+. The van der Waals surface area contributed by atoms with Gasteiger partial charge in [0.25, 0.3) is 0 Å². The maximum Gasteiger partial charge on any atom is 0.332 e. The molecule has 2 amide bonds. The van der Waals surface area contributed by atoms with Gasteiger partial charge in [0.15, 0.2) is 0 Å². The van der Waals surface area contributed by atoms with Crippen molar-refractivity contribution in [3.63, 3.8) is 0 Å². The first-order chi connectivity index (χ1) is 6.59. The number of urea groups is 1. The van der Waals surface area contributed by atoms with Gasteiger partial charge in [0.2, 0.25) is 0 Å². The summed E-state index contributed by atoms with van der Waals surface area (Å²) in [7, 11) is 0. The average molecular weight is 195 g/mol. The van der Waals surface area contributed by atoms with Gasteiger partial charge < -0.3 is 5.73 Å². The summed E-state index contributed by atoms with van der Waals surface area (Å²) in [5, 5.41) is 3.44. The Morgan fingerprint density at radius 1 is 1.64 bits per heavy atom. The number of aryl methyl sites for hydroxylation is 1. The maximum atomic E-state index is 13.1. The molecule has 4 nitrogen and oxygen atoms in total. The lowest BCUT2D eigenvalue weighted by Crippen LogP contribution is -2.24. The normalized spacial score (nSPS) is 10.4. The number of nitrogens with zero attached hydrogens (tertiary/aromatic N) is 1. The number of primary amides is 1. The van der Waals surface area contributed by atoms with Crippen LogP contribution in [0.4, 0.5) is 9.18 Å². The number of hydrogen-bond acceptors (Lipinski definition) is 2. The van der Waals surface area contributed by atoms with Crippen LogP contribution < -0.4 is 11.2 Å². The molecule has 1 aromatic rings. The van der Waals surface area contributed by atoms with Crippen molar-refractivity contribution in [3.8, 4) is 0 Å². The van der Waals surface area contributed by atoms with Crippen LogP contribution in [0, 0.1) is 12.7 Å². The third-order valence-corrected chi connectivity index (χ3v) is 1.53. The molecule has 0 atom stereocenters. The van der Waals surface area contributed by atoms with Gasteiger partial charge >= 0.3 is 6.03 Å². The van der Waals surface area contributed by atoms with E-state index in [1.165, 1.54) is 12.3 Å². The zero-order valence-corrected chi connectivity index (χ0v) is 7.62. The van der Waals surface area contributed by atoms with Crippen LogP contribution in [0.3, 0.4) is 0 Å². The number of rotatable bonds is 2. The minimum Gasteiger partial charge on any atom is -0.350 e. The number of nitrogens with one attached hydrogen (secondary N) is 1. The second-order valence-corrected chi connectivity index (χ2v) is 2.76. The van der Waals surface area contributed by atoms with E-state index < -0.39 is 6.03 Å². The van der Waals surface area contributed by atoms with Gasteiger partial charge in [-0.3, -0.25) is 0 Å². The molecule has 0 aromatic heterocycles. The molecule has 0 aliphatic heterocycles. The van der Waals surface area contributed by atoms with E-state index >= 15 is 0 Å². The fourth-order valence-electron chi connectivity index (χ4n) is 0.902. The summed E-state index contributed by atoms with van der Waals surface area (Å²) in [6.45, 7) is 1.78. The van der Waals surface area contributed by atoms with E-state index in [9.17, 15) is 9.18 Å². The summed E-state index contributed by atoms with van der Waals surface area (Å²) in [4.78, 5) is 10.2. The number of nitrogens with two attached hydrogens (primary N) is 1. The third-order valence-electron chi connectivity index (χ3n) is 1.53. The Morgan fingerprint density at radius 3 is 2.93 bits per heavy atom. The Hall–Kier alpha value is -1.91. The van der Waals surface area contributed by atoms with E-state index in [2.05, 4.69) is 5.10 Å². The van der Waals surface area contributed by atoms with Crippen molar-refractivity contribution in [1.29, 1.82) is 0 Å². The number of hydrogen-bond donors (Lipinski definition) is 2. The molecule has 0 unspecified atom stereocenters. The monoisotopic (exact) mass is 195 g/mol. The molecule has 14 heavy (non-hydrogen) atoms. The molecule has 1 rings (SSSR count). The smallest absolute Gasteiger partial charge is 0.332 e. The highest BCUT2D eigenvalue weighted by molar-refractivity contribution is 5.81. The Morgan fingerprint density at radius 2 is 2.36 bits per heavy atom. The van der Waals surface area contributed by atoms with Crippen LogP contribution in [0.1, 0.15) is 11.1 Å². The summed E-state index contributed by atoms with van der Waals surface area (Å²) < 4.78 is 13.1. The van der Waals surface area contributed by atoms with E-state index in [1.54, 1.807) is 19.1 Å². The Balaban J connectivity index is 2.76. The van der Waals surface area contributed by atoms with Gasteiger partial charge in [-0.2, -0.15) is 5.10 Å². The summed E-state index contributed by atoms with van der Waals surface area (Å²) in [6.07, 6.45) is 1.19. The topological polar surface area (TPSA) is 67.5 Å². The molecule has 0 heterocycles. The highest BCUT2D eigenvalue weighted by Crippen LogP contribution is 2.06. The van der Waals surface area contributed by atoms with Gasteiger partial charge in [0.05, 0.1) is 6.21 Å². The molecular formula is C9H10FN3O. The van der Waals surface area contributed by atoms with E-state index in [1.807, 2.05) is 5.43 Å². The van der Waals surface area contributed by atoms with Crippen LogP contribution in [0.15, 0.2) is 23.3 Å². The first kappa shape index (κ1) is 10.2. The third kappa shape index (κ3) is 2.85. The van der Waals surface area contributed by atoms with E-state index in [0.29, 0.717) is 5.56 Å². The first-order valence-electron chi connectivity index (χ1n) is 3.94. The summed E-state index contributed by atoms with van der Waals surface area (Å²) in [6, 6.07) is 3.91. The fourth-order valence-corrected chi connectivity index (χ4v) is 0.902. The van der Waals surface area contributed by atoms with Crippen molar-refractivity contribution >= 4 is 12.2 Å². The second-order valence-electron chi connectivity index (χ2n) is 2.76. The number of amides is 2. The summed E-state index contributed by atoms with van der Waals surface area (Å²) in [5.74, 6) is -0.389. The van der Waals surface area contributed by atoms with Crippen LogP contribution in [0.5, 0.6) is 0 Å². The van der Waals surface area contributed by atoms with Crippen molar-refractivity contribution in [2.75, 3.05) is 0 Å². The van der Waals surface area contributed by atoms with E-state index in [0.717, 1.165) is 5.56 Å². The van der Waals surface area contributed by atoms with Crippen molar-refractivity contribution in [3.05, 3.63) is 35.1 Å². The lowest BCUT2D eigenvalue weighted by molar-refractivity contribution is 0.249. The molecule has 0 saturated carbocycles. The van der Waals surface area contributed by atoms with Gasteiger partial charge in [-0.05, 0) is 18.6 Å². The van der Waals surface area contributed by atoms with Gasteiger partial charge in [-0.15, -0.1) is 0 Å². The van der Waals surface area contributed by atoms with Crippen LogP contribution in [-0.2, 0) is 0 Å². The zero-order valence-electron chi connectivity index (χ0n) is 7.62. The molecule has 0 aliphatic rings. The Kier molecular flexibility index (Phi) is 3.17. The Labute approximate surface area is 80.6 Å². The van der Waals surface area contributed by atoms with Crippen LogP contribution in [0.25, 0.3) is 0 Å². The summed E-state index contributed by atoms with van der Waals surface area (Å²) in [5.41, 5.74) is 7.86. The predicted molar refractivity (Wildman–Crippen MR) is 51.5 cm³/mol. The number of benzene rings is 1. The van der Waals surface area contributed by atoms with Crippen molar-refractivity contribution in [2.45, 2.75) is 6.92 Å². The highest BCUT2D eigenvalue weighted by atomic mass is 19.1. The molecule has 0 saturated heterocycles. The molecule has 5 heteroatoms. The quantitative estimate of drug-likeness (QED) is 0.539. The number of carbonyl (C=O) groups is 1. The SMILES string of the molecule is Cc1ccc(/C=N/NC(N)=O)c(F)c1. The molecule has 1 aromatic carbocycles. The molecule has 0 radical (unpaired) electrons. The lowest BCUT2D eigenvalue weighted by Gasteiger charge is -1.97. The highest BCUT2D eigenvalue weighted by Gasteiger charge is 1.98. The Bertz CT molecular complexity index is 376. The molecule has 3 N–H and O–H groups in total. The molecule has 0 aliphatic carbocycles. The molecule has 0 bridgehead atoms. The largest absolute Gasteiger partial charge is 0.350 e. The lowest BCUT2D eigenvalue weighted by atomic mass is 10.1. The number of halogens is 1. The molecule has 74 valence electrons. The van der Waals surface area contributed by atoms with Crippen molar-refractivity contribution in [1.82, 2.24) is 5.43 Å². The molecular weight excluding hydrogens is 185 g/mol. The fraction of sp³-hybridized carbons (Fsp3) is 0.111. The minimum absolute atomic E-state index is 0.296. The second kappa shape index (κ2) is 4.36. The van der Waals surface area contributed by atoms with Crippen LogP contribution in [0.2, 0.25) is 0 Å². The first-order valence-corrected chi connectivity index (χ1v) is 3.94. The zero-order chi connectivity index (χ0) is 10.6. The number of carbonyl (C=O) groups excluding carboxylic acids is 1. The average Bonchev–Trinajstić information content (AvgIpc) is 2.08. The van der Waals surface area contributed by atoms with Crippen molar-refractivity contribution in [2.24, 2.45) is 10.8 Å². The van der Waals surface area contributed by atoms with Crippen LogP contribution in [-0.4, -0.2) is 12.2 Å². The summed E-state index contributed by atoms with van der Waals surface area (Å²) >= 11 is 0. The van der Waals surface area contributed by atoms with Gasteiger partial charge in [-0.1, -0.05) is 12.1 Å². The number of hydrazone groups is 1.